The van der Waals surface area contributed by atoms with Crippen molar-refractivity contribution in [3.05, 3.63) is 57.5 Å². The lowest BCUT2D eigenvalue weighted by Gasteiger charge is -2.37. The Kier molecular flexibility index (Phi) is 7.85. The van der Waals surface area contributed by atoms with E-state index >= 15 is 0 Å². The average Bonchev–Trinajstić information content (AvgIpc) is 3.32. The van der Waals surface area contributed by atoms with Gasteiger partial charge in [0.1, 0.15) is 18.0 Å². The number of halogens is 2. The van der Waals surface area contributed by atoms with Gasteiger partial charge in [-0.1, -0.05) is 42.3 Å². The Morgan fingerprint density at radius 3 is 2.89 bits per heavy atom. The zero-order chi connectivity index (χ0) is 25.1. The molecule has 1 aliphatic heterocycles. The van der Waals surface area contributed by atoms with E-state index in [1.54, 1.807) is 18.3 Å². The van der Waals surface area contributed by atoms with Crippen LogP contribution in [-0.2, 0) is 4.79 Å². The number of rotatable bonds is 7. The summed E-state index contributed by atoms with van der Waals surface area (Å²) in [6.07, 6.45) is 8.56. The number of carbonyl (C=O) groups excluding carboxylic acids is 1. The molecule has 9 heteroatoms. The molecule has 1 fully saturated rings. The molecule has 0 amide bonds. The molecule has 2 heterocycles. The van der Waals surface area contributed by atoms with E-state index in [1.807, 2.05) is 19.1 Å². The lowest BCUT2D eigenvalue weighted by Crippen LogP contribution is -2.44. The molecule has 1 aromatic carbocycles. The van der Waals surface area contributed by atoms with E-state index in [0.29, 0.717) is 27.8 Å². The van der Waals surface area contributed by atoms with Crippen LogP contribution in [0.5, 0.6) is 0 Å². The van der Waals surface area contributed by atoms with Crippen molar-refractivity contribution in [3.63, 3.8) is 0 Å². The fourth-order valence-electron chi connectivity index (χ4n) is 5.12. The number of aromatic nitrogens is 2. The van der Waals surface area contributed by atoms with E-state index in [-0.39, 0.29) is 23.5 Å². The molecule has 0 spiro atoms. The molecule has 0 bridgehead atoms. The van der Waals surface area contributed by atoms with E-state index in [2.05, 4.69) is 28.2 Å². The molecule has 1 aromatic heterocycles. The molecular weight excluding hydrogens is 483 g/mol. The number of benzene rings is 1. The number of carbonyl (C=O) groups is 1. The summed E-state index contributed by atoms with van der Waals surface area (Å²) in [5.74, 6) is 0.724. The summed E-state index contributed by atoms with van der Waals surface area (Å²) >= 11 is 12.4. The van der Waals surface area contributed by atoms with Crippen LogP contribution < -0.4 is 5.32 Å². The molecule has 4 unspecified atom stereocenters. The standard InChI is InChI=1S/C26H28Cl2N6O/c1-15-10-17(5-8-24(15)34-9-3-4-19(34)14-35)23-13-31-25(22(30)12-29)26(33-23)32-16(2)20-7-6-18(27)11-21(20)28/h5-7,11,13-16,19,24,30H,3-4,8-10H2,1-2H3,(H,32,33). The predicted octanol–water partition coefficient (Wildman–Crippen LogP) is 5.69. The van der Waals surface area contributed by atoms with E-state index in [9.17, 15) is 10.1 Å². The Labute approximate surface area is 215 Å². The molecule has 35 heavy (non-hydrogen) atoms. The molecule has 2 aromatic rings. The van der Waals surface area contributed by atoms with Gasteiger partial charge in [-0.05, 0) is 68.3 Å². The van der Waals surface area contributed by atoms with Crippen molar-refractivity contribution in [2.75, 3.05) is 11.9 Å². The van der Waals surface area contributed by atoms with Crippen LogP contribution in [0, 0.1) is 22.7 Å². The first-order valence-electron chi connectivity index (χ1n) is 11.8. The summed E-state index contributed by atoms with van der Waals surface area (Å²) in [6, 6.07) is 7.23. The van der Waals surface area contributed by atoms with Crippen LogP contribution in [0.3, 0.4) is 0 Å². The van der Waals surface area contributed by atoms with Gasteiger partial charge < -0.3 is 10.1 Å². The summed E-state index contributed by atoms with van der Waals surface area (Å²) in [7, 11) is 0. The van der Waals surface area contributed by atoms with Crippen LogP contribution in [0.1, 0.15) is 62.5 Å². The van der Waals surface area contributed by atoms with Gasteiger partial charge in [-0.2, -0.15) is 5.26 Å². The maximum atomic E-state index is 11.5. The van der Waals surface area contributed by atoms with E-state index in [1.165, 1.54) is 0 Å². The van der Waals surface area contributed by atoms with Gasteiger partial charge in [0.05, 0.1) is 24.0 Å². The van der Waals surface area contributed by atoms with Gasteiger partial charge >= 0.3 is 0 Å². The van der Waals surface area contributed by atoms with E-state index in [4.69, 9.17) is 33.6 Å². The van der Waals surface area contributed by atoms with Gasteiger partial charge in [0.25, 0.3) is 0 Å². The summed E-state index contributed by atoms with van der Waals surface area (Å²) in [5.41, 5.74) is 2.55. The Bertz CT molecular complexity index is 1210. The van der Waals surface area contributed by atoms with E-state index in [0.717, 1.165) is 55.3 Å². The highest BCUT2D eigenvalue weighted by molar-refractivity contribution is 6.35. The lowest BCUT2D eigenvalue weighted by atomic mass is 9.83. The van der Waals surface area contributed by atoms with Gasteiger partial charge in [-0.25, -0.2) is 9.97 Å². The molecule has 0 saturated carbocycles. The minimum atomic E-state index is -0.263. The van der Waals surface area contributed by atoms with Crippen LogP contribution in [0.15, 0.2) is 30.5 Å². The van der Waals surface area contributed by atoms with Crippen molar-refractivity contribution in [3.8, 4) is 6.07 Å². The summed E-state index contributed by atoms with van der Waals surface area (Å²) in [6.45, 7) is 5.11. The van der Waals surface area contributed by atoms with Crippen LogP contribution in [0.4, 0.5) is 5.82 Å². The summed E-state index contributed by atoms with van der Waals surface area (Å²) in [5, 5.41) is 21.7. The van der Waals surface area contributed by atoms with Gasteiger partial charge in [0.15, 0.2) is 11.5 Å². The molecular formula is C26H28Cl2N6O. The maximum absolute atomic E-state index is 11.5. The lowest BCUT2D eigenvalue weighted by molar-refractivity contribution is -0.112. The Balaban J connectivity index is 1.61. The molecule has 2 N–H and O–H groups in total. The highest BCUT2D eigenvalue weighted by Crippen LogP contribution is 2.36. The predicted molar refractivity (Wildman–Crippen MR) is 139 cm³/mol. The largest absolute Gasteiger partial charge is 0.362 e. The first-order chi connectivity index (χ1) is 16.8. The number of hydrogen-bond acceptors (Lipinski definition) is 7. The first kappa shape index (κ1) is 25.3. The quantitative estimate of drug-likeness (QED) is 0.365. The third kappa shape index (κ3) is 5.40. The highest BCUT2D eigenvalue weighted by atomic mass is 35.5. The fraction of sp³-hybridized carbons (Fsp3) is 0.423. The number of nitriles is 1. The Hall–Kier alpha value is -2.79. The van der Waals surface area contributed by atoms with Gasteiger partial charge in [-0.15, -0.1) is 0 Å². The van der Waals surface area contributed by atoms with Crippen molar-refractivity contribution in [2.45, 2.75) is 57.7 Å². The SMILES string of the molecule is CC(Nc1nc(C2=CCC(N3CCCC3C=O)C(C)C2)cnc1C(=N)C#N)c1ccc(Cl)cc1Cl. The second-order valence-corrected chi connectivity index (χ2v) is 10.1. The number of nitrogens with one attached hydrogen (secondary N) is 2. The third-order valence-electron chi connectivity index (χ3n) is 6.96. The number of anilines is 1. The minimum Gasteiger partial charge on any atom is -0.362 e. The van der Waals surface area contributed by atoms with Crippen molar-refractivity contribution < 1.29 is 4.79 Å². The molecule has 1 saturated heterocycles. The maximum Gasteiger partial charge on any atom is 0.161 e. The van der Waals surface area contributed by atoms with Crippen LogP contribution >= 0.6 is 23.2 Å². The second-order valence-electron chi connectivity index (χ2n) is 9.27. The highest BCUT2D eigenvalue weighted by Gasteiger charge is 2.35. The summed E-state index contributed by atoms with van der Waals surface area (Å²) in [4.78, 5) is 23.1. The Morgan fingerprint density at radius 2 is 2.20 bits per heavy atom. The minimum absolute atomic E-state index is 0.0189. The molecule has 0 radical (unpaired) electrons. The van der Waals surface area contributed by atoms with Crippen molar-refractivity contribution in [1.29, 1.82) is 10.7 Å². The molecule has 182 valence electrons. The van der Waals surface area contributed by atoms with Crippen molar-refractivity contribution in [1.82, 2.24) is 14.9 Å². The number of allylic oxidation sites excluding steroid dienone is 1. The Morgan fingerprint density at radius 1 is 1.40 bits per heavy atom. The molecule has 7 nitrogen and oxygen atoms in total. The first-order valence-corrected chi connectivity index (χ1v) is 12.6. The van der Waals surface area contributed by atoms with E-state index < -0.39 is 0 Å². The van der Waals surface area contributed by atoms with Gasteiger partial charge in [0.2, 0.25) is 0 Å². The molecule has 2 aliphatic rings. The molecule has 4 rings (SSSR count). The van der Waals surface area contributed by atoms with Crippen molar-refractivity contribution >= 4 is 46.6 Å². The topological polar surface area (TPSA) is 106 Å². The normalized spacial score (nSPS) is 23.3. The van der Waals surface area contributed by atoms with Crippen LogP contribution in [0.2, 0.25) is 10.0 Å². The second kappa shape index (κ2) is 10.9. The number of likely N-dealkylation sites (tertiary alicyclic amines) is 1. The summed E-state index contributed by atoms with van der Waals surface area (Å²) < 4.78 is 0. The number of hydrogen-bond donors (Lipinski definition) is 2. The zero-order valence-corrected chi connectivity index (χ0v) is 21.3. The smallest absolute Gasteiger partial charge is 0.161 e. The fourth-order valence-corrected chi connectivity index (χ4v) is 5.69. The van der Waals surface area contributed by atoms with Gasteiger partial charge in [-0.3, -0.25) is 10.3 Å². The van der Waals surface area contributed by atoms with Crippen LogP contribution in [0.25, 0.3) is 5.57 Å². The monoisotopic (exact) mass is 510 g/mol. The number of nitrogens with zero attached hydrogens (tertiary/aromatic N) is 4. The zero-order valence-electron chi connectivity index (χ0n) is 19.8. The number of aldehydes is 1. The third-order valence-corrected chi connectivity index (χ3v) is 7.52. The van der Waals surface area contributed by atoms with Crippen LogP contribution in [-0.4, -0.2) is 45.5 Å². The average molecular weight is 511 g/mol. The molecule has 1 aliphatic carbocycles. The molecule has 4 atom stereocenters. The van der Waals surface area contributed by atoms with Gasteiger partial charge in [0, 0.05) is 16.1 Å². The van der Waals surface area contributed by atoms with Crippen molar-refractivity contribution in [2.24, 2.45) is 5.92 Å².